The van der Waals surface area contributed by atoms with Gasteiger partial charge in [0.15, 0.2) is 0 Å². The van der Waals surface area contributed by atoms with Crippen molar-refractivity contribution < 1.29 is 15.0 Å². The normalized spacial score (nSPS) is 39.9. The Balaban J connectivity index is 0.00000216. The number of hydrogen-bond donors (Lipinski definition) is 2. The van der Waals surface area contributed by atoms with Crippen LogP contribution in [0.5, 0.6) is 0 Å². The smallest absolute Gasteiger partial charge is 0.336 e. The van der Waals surface area contributed by atoms with Crippen molar-refractivity contribution in [2.45, 2.75) is 76.7 Å². The molecule has 1 aromatic heterocycles. The maximum Gasteiger partial charge on any atom is 0.336 e. The van der Waals surface area contributed by atoms with E-state index < -0.39 is 5.97 Å². The van der Waals surface area contributed by atoms with E-state index in [-0.39, 0.29) is 41.1 Å². The number of aliphatic hydroxyl groups excluding tert-OH is 1. The van der Waals surface area contributed by atoms with Gasteiger partial charge in [0.05, 0.1) is 22.9 Å². The molecule has 3 fully saturated rings. The third-order valence-electron chi connectivity index (χ3n) is 10.2. The van der Waals surface area contributed by atoms with Crippen molar-refractivity contribution in [2.24, 2.45) is 29.1 Å². The fourth-order valence-corrected chi connectivity index (χ4v) is 8.61. The molecule has 0 spiro atoms. The molecule has 2 aromatic rings. The van der Waals surface area contributed by atoms with Gasteiger partial charge in [-0.25, -0.2) is 4.79 Å². The zero-order valence-corrected chi connectivity index (χ0v) is 21.6. The second-order valence-corrected chi connectivity index (χ2v) is 11.4. The van der Waals surface area contributed by atoms with E-state index in [1.807, 2.05) is 24.3 Å². The third-order valence-corrected chi connectivity index (χ3v) is 10.2. The van der Waals surface area contributed by atoms with Gasteiger partial charge < -0.3 is 10.2 Å². The van der Waals surface area contributed by atoms with Gasteiger partial charge in [-0.2, -0.15) is 0 Å². The van der Waals surface area contributed by atoms with Gasteiger partial charge in [0.25, 0.3) is 0 Å². The van der Waals surface area contributed by atoms with E-state index in [1.165, 1.54) is 19.3 Å². The summed E-state index contributed by atoms with van der Waals surface area (Å²) in [5.74, 6) is 1.63. The number of nitrogens with zero attached hydrogens (tertiary/aromatic N) is 1. The number of fused-ring (bicyclic) bond motifs is 8. The minimum Gasteiger partial charge on any atom is -0.478 e. The monoisotopic (exact) mass is 442 g/mol. The van der Waals surface area contributed by atoms with E-state index in [1.54, 1.807) is 0 Å². The van der Waals surface area contributed by atoms with Crippen LogP contribution in [0, 0.1) is 29.1 Å². The summed E-state index contributed by atoms with van der Waals surface area (Å²) < 4.78 is 0. The summed E-state index contributed by atoms with van der Waals surface area (Å²) in [6, 6.07) is 7.75. The number of benzene rings is 1. The van der Waals surface area contributed by atoms with Crippen molar-refractivity contribution >= 4 is 46.4 Å². The summed E-state index contributed by atoms with van der Waals surface area (Å²) >= 11 is 0. The molecule has 7 atom stereocenters. The first-order chi connectivity index (χ1) is 14.8. The number of aromatic nitrogens is 1. The zero-order valence-electron chi connectivity index (χ0n) is 19.6. The van der Waals surface area contributed by atoms with Gasteiger partial charge in [-0.05, 0) is 92.1 Å². The first-order valence-electron chi connectivity index (χ1n) is 12.2. The van der Waals surface area contributed by atoms with Crippen LogP contribution in [0.4, 0.5) is 0 Å². The van der Waals surface area contributed by atoms with Crippen molar-refractivity contribution in [2.75, 3.05) is 0 Å². The van der Waals surface area contributed by atoms with Crippen LogP contribution in [-0.2, 0) is 11.8 Å². The Labute approximate surface area is 212 Å². The Bertz CT molecular complexity index is 1090. The standard InChI is InChI=1S/C27H33NO3.Na/c1-26-11-9-16(29)13-15(26)7-8-17-20(26)10-12-27(2)21(17)14-19-23(25(30)31)18-5-3-4-6-22(18)28-24(19)27;/h3-6,15-17,20-21,29H,7-14H2,1-2H3,(H,30,31);/t15-,16-,17+,20-,21-,26-,27-;/m0./s1. The maximum atomic E-state index is 12.4. The van der Waals surface area contributed by atoms with Gasteiger partial charge in [-0.3, -0.25) is 4.98 Å². The van der Waals surface area contributed by atoms with E-state index in [0.717, 1.165) is 54.3 Å². The number of hydrogen-bond acceptors (Lipinski definition) is 3. The predicted octanol–water partition coefficient (Wildman–Crippen LogP) is 4.97. The van der Waals surface area contributed by atoms with Gasteiger partial charge in [0.1, 0.15) is 0 Å². The molecule has 1 aromatic carbocycles. The SMILES string of the molecule is C[C@]12CC[C@H](O)C[C@@H]1CC[C@@H]1[C@@H]2CC[C@]2(C)c3nc4ccccc4c(C(=O)O)c3C[C@@H]12.[Na]. The van der Waals surface area contributed by atoms with Crippen molar-refractivity contribution in [3.63, 3.8) is 0 Å². The van der Waals surface area contributed by atoms with E-state index in [0.29, 0.717) is 34.7 Å². The van der Waals surface area contributed by atoms with Crippen molar-refractivity contribution in [3.8, 4) is 0 Å². The van der Waals surface area contributed by atoms with Crippen LogP contribution < -0.4 is 0 Å². The fraction of sp³-hybridized carbons (Fsp3) is 0.630. The topological polar surface area (TPSA) is 70.4 Å². The van der Waals surface area contributed by atoms with E-state index in [2.05, 4.69) is 13.8 Å². The molecule has 5 heteroatoms. The van der Waals surface area contributed by atoms with Crippen LogP contribution in [0.2, 0.25) is 0 Å². The molecule has 32 heavy (non-hydrogen) atoms. The fourth-order valence-electron chi connectivity index (χ4n) is 8.61. The van der Waals surface area contributed by atoms with Crippen LogP contribution >= 0.6 is 0 Å². The molecule has 2 N–H and O–H groups in total. The largest absolute Gasteiger partial charge is 0.478 e. The molecule has 6 rings (SSSR count). The molecular formula is C27H33NNaO3. The third kappa shape index (κ3) is 3.02. The van der Waals surface area contributed by atoms with E-state index >= 15 is 0 Å². The molecule has 3 saturated carbocycles. The summed E-state index contributed by atoms with van der Waals surface area (Å²) in [7, 11) is 0. The molecule has 0 saturated heterocycles. The molecule has 0 unspecified atom stereocenters. The van der Waals surface area contributed by atoms with Gasteiger partial charge >= 0.3 is 5.97 Å². The number of aromatic carboxylic acids is 1. The van der Waals surface area contributed by atoms with Gasteiger partial charge in [0, 0.05) is 40.4 Å². The quantitative estimate of drug-likeness (QED) is 0.612. The molecule has 4 aliphatic rings. The summed E-state index contributed by atoms with van der Waals surface area (Å²) in [6.07, 6.45) is 8.51. The van der Waals surface area contributed by atoms with Gasteiger partial charge in [0.2, 0.25) is 0 Å². The van der Waals surface area contributed by atoms with Crippen molar-refractivity contribution in [3.05, 3.63) is 41.1 Å². The number of carbonyl (C=O) groups is 1. The number of rotatable bonds is 1. The first-order valence-corrected chi connectivity index (χ1v) is 12.2. The van der Waals surface area contributed by atoms with E-state index in [4.69, 9.17) is 4.98 Å². The molecule has 0 amide bonds. The predicted molar refractivity (Wildman–Crippen MR) is 126 cm³/mol. The Morgan fingerprint density at radius 1 is 1.06 bits per heavy atom. The van der Waals surface area contributed by atoms with Crippen LogP contribution in [0.3, 0.4) is 0 Å². The van der Waals surface area contributed by atoms with Crippen LogP contribution in [0.15, 0.2) is 24.3 Å². The molecule has 0 bridgehead atoms. The van der Waals surface area contributed by atoms with Crippen molar-refractivity contribution in [1.82, 2.24) is 4.98 Å². The number of para-hydroxylation sites is 1. The first kappa shape index (κ1) is 22.8. The maximum absolute atomic E-state index is 12.4. The van der Waals surface area contributed by atoms with Crippen LogP contribution in [0.25, 0.3) is 10.9 Å². The second-order valence-electron chi connectivity index (χ2n) is 11.4. The molecule has 4 aliphatic carbocycles. The molecule has 0 aliphatic heterocycles. The average molecular weight is 443 g/mol. The van der Waals surface area contributed by atoms with E-state index in [9.17, 15) is 15.0 Å². The molecule has 165 valence electrons. The molecular weight excluding hydrogens is 409 g/mol. The summed E-state index contributed by atoms with van der Waals surface area (Å²) in [4.78, 5) is 17.5. The average Bonchev–Trinajstić information content (AvgIpc) is 3.04. The van der Waals surface area contributed by atoms with Crippen molar-refractivity contribution in [1.29, 1.82) is 0 Å². The molecule has 1 heterocycles. The second kappa shape index (κ2) is 7.80. The summed E-state index contributed by atoms with van der Waals surface area (Å²) in [5, 5.41) is 21.2. The number of carboxylic acid groups (broad SMARTS) is 1. The Kier molecular flexibility index (Phi) is 5.56. The molecule has 1 radical (unpaired) electrons. The Hall–Kier alpha value is -0.940. The minimum absolute atomic E-state index is 0. The minimum atomic E-state index is -0.814. The zero-order chi connectivity index (χ0) is 21.5. The summed E-state index contributed by atoms with van der Waals surface area (Å²) in [6.45, 7) is 4.87. The van der Waals surface area contributed by atoms with Gasteiger partial charge in [-0.1, -0.05) is 32.0 Å². The van der Waals surface area contributed by atoms with Gasteiger partial charge in [-0.15, -0.1) is 0 Å². The Morgan fingerprint density at radius 2 is 1.84 bits per heavy atom. The number of carboxylic acids is 1. The Morgan fingerprint density at radius 3 is 2.62 bits per heavy atom. The number of aliphatic hydroxyl groups is 1. The van der Waals surface area contributed by atoms with Crippen LogP contribution in [0.1, 0.15) is 80.4 Å². The molecule has 4 nitrogen and oxygen atoms in total. The summed E-state index contributed by atoms with van der Waals surface area (Å²) in [5.41, 5.74) is 3.69. The van der Waals surface area contributed by atoms with Crippen LogP contribution in [-0.4, -0.2) is 56.8 Å². The number of pyridine rings is 1.